The molecule has 2 aromatic heterocycles. The van der Waals surface area contributed by atoms with E-state index in [4.69, 9.17) is 21.7 Å². The van der Waals surface area contributed by atoms with E-state index in [9.17, 15) is 4.79 Å². The number of ether oxygens (including phenoxy) is 2. The Labute approximate surface area is 233 Å². The second-order valence-electron chi connectivity index (χ2n) is 9.43. The van der Waals surface area contributed by atoms with Gasteiger partial charge in [0.2, 0.25) is 5.91 Å². The summed E-state index contributed by atoms with van der Waals surface area (Å²) in [5.74, 6) is 1.18. The predicted octanol–water partition coefficient (Wildman–Crippen LogP) is 5.64. The van der Waals surface area contributed by atoms with Gasteiger partial charge in [-0.2, -0.15) is 0 Å². The molecule has 2 aromatic carbocycles. The maximum atomic E-state index is 11.9. The van der Waals surface area contributed by atoms with E-state index in [0.29, 0.717) is 16.5 Å². The Morgan fingerprint density at radius 3 is 2.51 bits per heavy atom. The number of methoxy groups -OCH3 is 2. The zero-order valence-electron chi connectivity index (χ0n) is 22.6. The summed E-state index contributed by atoms with van der Waals surface area (Å²) in [6.45, 7) is 5.69. The first-order valence-electron chi connectivity index (χ1n) is 12.6. The highest BCUT2D eigenvalue weighted by Crippen LogP contribution is 2.45. The average Bonchev–Trinajstić information content (AvgIpc) is 3.43. The van der Waals surface area contributed by atoms with Crippen LogP contribution in [0.5, 0.6) is 11.5 Å². The molecule has 1 amide bonds. The topological polar surface area (TPSA) is 80.7 Å². The second kappa shape index (κ2) is 10.8. The molecule has 0 spiro atoms. The van der Waals surface area contributed by atoms with Gasteiger partial charge in [0.25, 0.3) is 0 Å². The number of aromatic nitrogens is 2. The third kappa shape index (κ3) is 4.93. The number of pyridine rings is 1. The van der Waals surface area contributed by atoms with Gasteiger partial charge in [0.1, 0.15) is 11.5 Å². The fourth-order valence-corrected chi connectivity index (χ4v) is 5.66. The van der Waals surface area contributed by atoms with Gasteiger partial charge in [-0.1, -0.05) is 12.1 Å². The van der Waals surface area contributed by atoms with Gasteiger partial charge in [-0.15, -0.1) is 0 Å². The Kier molecular flexibility index (Phi) is 7.26. The van der Waals surface area contributed by atoms with Crippen molar-refractivity contribution in [3.63, 3.8) is 0 Å². The summed E-state index contributed by atoms with van der Waals surface area (Å²) < 4.78 is 13.2. The van der Waals surface area contributed by atoms with E-state index < -0.39 is 0 Å². The molecule has 8 nitrogen and oxygen atoms in total. The highest BCUT2D eigenvalue weighted by Gasteiger charge is 2.42. The molecule has 2 atom stereocenters. The summed E-state index contributed by atoms with van der Waals surface area (Å²) in [5, 5.41) is 6.96. The van der Waals surface area contributed by atoms with Crippen molar-refractivity contribution in [2.45, 2.75) is 32.9 Å². The third-order valence-electron chi connectivity index (χ3n) is 6.97. The third-order valence-corrected chi connectivity index (χ3v) is 7.29. The molecule has 0 unspecified atom stereocenters. The van der Waals surface area contributed by atoms with Crippen LogP contribution in [0.4, 0.5) is 11.4 Å². The zero-order valence-corrected chi connectivity index (χ0v) is 23.4. The molecule has 1 saturated heterocycles. The highest BCUT2D eigenvalue weighted by molar-refractivity contribution is 7.80. The van der Waals surface area contributed by atoms with E-state index >= 15 is 0 Å². The lowest BCUT2D eigenvalue weighted by Crippen LogP contribution is -2.29. The number of nitrogens with one attached hydrogen (secondary N) is 2. The van der Waals surface area contributed by atoms with E-state index in [-0.39, 0.29) is 18.0 Å². The first-order chi connectivity index (χ1) is 18.8. The van der Waals surface area contributed by atoms with Crippen LogP contribution >= 0.6 is 12.2 Å². The monoisotopic (exact) mass is 541 g/mol. The number of hydrogen-bond acceptors (Lipinski definition) is 5. The summed E-state index contributed by atoms with van der Waals surface area (Å²) in [4.78, 5) is 18.7. The van der Waals surface area contributed by atoms with Gasteiger partial charge in [-0.25, -0.2) is 0 Å². The van der Waals surface area contributed by atoms with Gasteiger partial charge < -0.3 is 29.6 Å². The maximum absolute atomic E-state index is 11.9. The molecule has 9 heteroatoms. The van der Waals surface area contributed by atoms with Crippen molar-refractivity contribution < 1.29 is 14.3 Å². The molecule has 200 valence electrons. The Bertz CT molecular complexity index is 1540. The molecule has 0 radical (unpaired) electrons. The predicted molar refractivity (Wildman–Crippen MR) is 157 cm³/mol. The van der Waals surface area contributed by atoms with E-state index in [0.717, 1.165) is 39.8 Å². The molecule has 3 heterocycles. The molecule has 0 aliphatic carbocycles. The van der Waals surface area contributed by atoms with Gasteiger partial charge in [0, 0.05) is 41.9 Å². The summed E-state index contributed by atoms with van der Waals surface area (Å²) in [6.07, 6.45) is 1.79. The lowest BCUT2D eigenvalue weighted by Gasteiger charge is -2.29. The maximum Gasteiger partial charge on any atom is 0.221 e. The van der Waals surface area contributed by atoms with Crippen molar-refractivity contribution in [2.24, 2.45) is 0 Å². The minimum absolute atomic E-state index is 0.183. The summed E-state index contributed by atoms with van der Waals surface area (Å²) in [5.41, 5.74) is 6.58. The van der Waals surface area contributed by atoms with Crippen LogP contribution in [-0.2, 0) is 4.79 Å². The Hall–Kier alpha value is -4.37. The number of anilines is 2. The minimum atomic E-state index is -0.212. The Balaban J connectivity index is 1.67. The highest BCUT2D eigenvalue weighted by atomic mass is 32.1. The summed E-state index contributed by atoms with van der Waals surface area (Å²) >= 11 is 5.92. The number of carbonyl (C=O) groups excluding carboxylic acids is 1. The van der Waals surface area contributed by atoms with Crippen LogP contribution in [0.25, 0.3) is 5.69 Å². The van der Waals surface area contributed by atoms with E-state index in [1.165, 1.54) is 6.92 Å². The van der Waals surface area contributed by atoms with Gasteiger partial charge in [-0.05, 0) is 80.2 Å². The number of nitrogens with zero attached hydrogens (tertiary/aromatic N) is 3. The van der Waals surface area contributed by atoms with Gasteiger partial charge in [0.15, 0.2) is 5.11 Å². The fourth-order valence-electron chi connectivity index (χ4n) is 5.32. The van der Waals surface area contributed by atoms with Crippen molar-refractivity contribution in [1.29, 1.82) is 0 Å². The molecule has 0 saturated carbocycles. The molecule has 1 aliphatic rings. The number of rotatable bonds is 7. The van der Waals surface area contributed by atoms with Crippen LogP contribution in [0.2, 0.25) is 0 Å². The van der Waals surface area contributed by atoms with Crippen LogP contribution in [-0.4, -0.2) is 34.8 Å². The summed E-state index contributed by atoms with van der Waals surface area (Å²) in [7, 11) is 3.25. The van der Waals surface area contributed by atoms with Gasteiger partial charge >= 0.3 is 0 Å². The van der Waals surface area contributed by atoms with Crippen molar-refractivity contribution in [1.82, 2.24) is 14.9 Å². The standard InChI is InChI=1S/C30H31N5O3S/c1-18-15-24(19(2)34(18)21-9-8-10-23(16-21)37-4)29-28(25-11-6-7-14-31-25)33-30(39)35(29)22-12-13-27(38-5)26(17-22)32-20(3)36/h6-17,28-29H,1-5H3,(H,32,36)(H,33,39)/t28-,29+/m0/s1. The van der Waals surface area contributed by atoms with Gasteiger partial charge in [0.05, 0.1) is 37.7 Å². The molecule has 1 fully saturated rings. The van der Waals surface area contributed by atoms with E-state index in [2.05, 4.69) is 51.1 Å². The van der Waals surface area contributed by atoms with E-state index in [1.54, 1.807) is 20.4 Å². The number of benzene rings is 2. The number of thiocarbonyl (C=S) groups is 1. The quantitative estimate of drug-likeness (QED) is 0.293. The lowest BCUT2D eigenvalue weighted by atomic mass is 9.96. The molecule has 39 heavy (non-hydrogen) atoms. The number of hydrogen-bond donors (Lipinski definition) is 2. The van der Waals surface area contributed by atoms with Crippen LogP contribution < -0.4 is 25.0 Å². The number of carbonyl (C=O) groups is 1. The number of amides is 1. The molecule has 2 N–H and O–H groups in total. The number of aryl methyl sites for hydroxylation is 1. The molecular formula is C30H31N5O3S. The van der Waals surface area contributed by atoms with Crippen molar-refractivity contribution in [2.75, 3.05) is 24.4 Å². The second-order valence-corrected chi connectivity index (χ2v) is 9.81. The molecule has 5 rings (SSSR count). The zero-order chi connectivity index (χ0) is 27.7. The van der Waals surface area contributed by atoms with Crippen molar-refractivity contribution >= 4 is 34.6 Å². The molecule has 4 aromatic rings. The van der Waals surface area contributed by atoms with Crippen LogP contribution in [0.3, 0.4) is 0 Å². The normalized spacial score (nSPS) is 16.6. The molecular weight excluding hydrogens is 510 g/mol. The van der Waals surface area contributed by atoms with Crippen LogP contribution in [0.15, 0.2) is 72.9 Å². The first-order valence-corrected chi connectivity index (χ1v) is 13.0. The minimum Gasteiger partial charge on any atom is -0.497 e. The Morgan fingerprint density at radius 1 is 1.00 bits per heavy atom. The SMILES string of the molecule is COc1cccc(-n2c(C)cc([C@@H]3[C@H](c4ccccn4)NC(=S)N3c3ccc(OC)c(NC(C)=O)c3)c2C)c1. The fraction of sp³-hybridized carbons (Fsp3) is 0.233. The van der Waals surface area contributed by atoms with Crippen molar-refractivity contribution in [3.8, 4) is 17.2 Å². The Morgan fingerprint density at radius 2 is 1.82 bits per heavy atom. The van der Waals surface area contributed by atoms with Crippen LogP contribution in [0, 0.1) is 13.8 Å². The van der Waals surface area contributed by atoms with Crippen molar-refractivity contribution in [3.05, 3.63) is 95.6 Å². The average molecular weight is 542 g/mol. The summed E-state index contributed by atoms with van der Waals surface area (Å²) in [6, 6.07) is 21.4. The van der Waals surface area contributed by atoms with E-state index in [1.807, 2.05) is 54.6 Å². The smallest absolute Gasteiger partial charge is 0.221 e. The lowest BCUT2D eigenvalue weighted by molar-refractivity contribution is -0.114. The van der Waals surface area contributed by atoms with Gasteiger partial charge in [-0.3, -0.25) is 9.78 Å². The molecule has 1 aliphatic heterocycles. The van der Waals surface area contributed by atoms with Crippen LogP contribution in [0.1, 0.15) is 41.7 Å². The first kappa shape index (κ1) is 26.2. The largest absolute Gasteiger partial charge is 0.497 e. The molecule has 0 bridgehead atoms.